The topological polar surface area (TPSA) is 68.6 Å². The minimum absolute atomic E-state index is 0.0642. The smallest absolute Gasteiger partial charge is 0.270 e. The van der Waals surface area contributed by atoms with Crippen LogP contribution in [0.2, 0.25) is 0 Å². The lowest BCUT2D eigenvalue weighted by atomic mass is 9.92. The monoisotopic (exact) mass is 334 g/mol. The molecule has 1 amide bonds. The summed E-state index contributed by atoms with van der Waals surface area (Å²) in [6.07, 6.45) is 4.47. The maximum atomic E-state index is 12.5. The van der Waals surface area contributed by atoms with Gasteiger partial charge in [-0.25, -0.2) is 8.42 Å². The maximum absolute atomic E-state index is 12.5. The Morgan fingerprint density at radius 1 is 1.52 bits per heavy atom. The molecule has 0 spiro atoms. The van der Waals surface area contributed by atoms with E-state index in [0.29, 0.717) is 18.8 Å². The lowest BCUT2D eigenvalue weighted by molar-refractivity contribution is 0.0638. The molecule has 0 atom stereocenters. The van der Waals surface area contributed by atoms with E-state index in [-0.39, 0.29) is 16.8 Å². The van der Waals surface area contributed by atoms with Crippen molar-refractivity contribution in [1.82, 2.24) is 9.47 Å². The third-order valence-corrected chi connectivity index (χ3v) is 5.17. The van der Waals surface area contributed by atoms with E-state index < -0.39 is 9.05 Å². The van der Waals surface area contributed by atoms with Crippen molar-refractivity contribution >= 4 is 25.6 Å². The molecule has 0 unspecified atom stereocenters. The number of aromatic nitrogens is 1. The molecule has 1 saturated carbocycles. The van der Waals surface area contributed by atoms with E-state index in [0.717, 1.165) is 19.3 Å². The van der Waals surface area contributed by atoms with Crippen LogP contribution in [0, 0.1) is 0 Å². The van der Waals surface area contributed by atoms with E-state index in [1.807, 2.05) is 0 Å². The third-order valence-electron chi connectivity index (χ3n) is 3.85. The van der Waals surface area contributed by atoms with Gasteiger partial charge in [0.2, 0.25) is 0 Å². The molecular weight excluding hydrogens is 316 g/mol. The number of hydrogen-bond acceptors (Lipinski definition) is 4. The first-order chi connectivity index (χ1) is 9.84. The Morgan fingerprint density at radius 3 is 2.67 bits per heavy atom. The van der Waals surface area contributed by atoms with Crippen LogP contribution in [0.4, 0.5) is 0 Å². The zero-order valence-electron chi connectivity index (χ0n) is 12.1. The Labute approximate surface area is 129 Å². The maximum Gasteiger partial charge on any atom is 0.270 e. The molecule has 1 aromatic rings. The highest BCUT2D eigenvalue weighted by Crippen LogP contribution is 2.26. The zero-order valence-corrected chi connectivity index (χ0v) is 13.7. The second-order valence-corrected chi connectivity index (χ2v) is 7.75. The largest absolute Gasteiger partial charge is 0.383 e. The van der Waals surface area contributed by atoms with Crippen molar-refractivity contribution in [3.05, 3.63) is 18.0 Å². The van der Waals surface area contributed by atoms with Gasteiger partial charge in [0.1, 0.15) is 10.6 Å². The molecule has 0 aromatic carbocycles. The van der Waals surface area contributed by atoms with Gasteiger partial charge in [-0.1, -0.05) is 0 Å². The van der Waals surface area contributed by atoms with E-state index in [2.05, 4.69) is 0 Å². The molecule has 6 nitrogen and oxygen atoms in total. The van der Waals surface area contributed by atoms with Crippen LogP contribution in [0.1, 0.15) is 29.8 Å². The molecule has 21 heavy (non-hydrogen) atoms. The van der Waals surface area contributed by atoms with Crippen molar-refractivity contribution in [3.63, 3.8) is 0 Å². The number of hydrogen-bond donors (Lipinski definition) is 0. The number of rotatable bonds is 6. The van der Waals surface area contributed by atoms with Gasteiger partial charge in [0.25, 0.3) is 15.0 Å². The molecule has 1 aliphatic carbocycles. The van der Waals surface area contributed by atoms with Gasteiger partial charge in [-0.15, -0.1) is 0 Å². The van der Waals surface area contributed by atoms with Crippen LogP contribution >= 0.6 is 10.7 Å². The molecule has 2 rings (SSSR count). The number of methoxy groups -OCH3 is 1. The first kappa shape index (κ1) is 16.3. The Balaban J connectivity index is 2.30. The molecule has 0 radical (unpaired) electrons. The van der Waals surface area contributed by atoms with Crippen LogP contribution < -0.4 is 0 Å². The van der Waals surface area contributed by atoms with Gasteiger partial charge in [-0.2, -0.15) is 0 Å². The Kier molecular flexibility index (Phi) is 4.95. The van der Waals surface area contributed by atoms with E-state index in [1.54, 1.807) is 23.6 Å². The molecule has 0 bridgehead atoms. The summed E-state index contributed by atoms with van der Waals surface area (Å²) in [5.74, 6) is -0.192. The summed E-state index contributed by atoms with van der Waals surface area (Å²) in [6, 6.07) is 1.56. The van der Waals surface area contributed by atoms with Crippen molar-refractivity contribution in [2.24, 2.45) is 0 Å². The van der Waals surface area contributed by atoms with E-state index >= 15 is 0 Å². The first-order valence-electron chi connectivity index (χ1n) is 6.75. The average molecular weight is 335 g/mol. The lowest BCUT2D eigenvalue weighted by Crippen LogP contribution is -2.42. The standard InChI is InChI=1S/C13H19ClN2O4S/c1-15(10-4-3-5-10)13(17)12-8-11(21(14,18)19)9-16(12)6-7-20-2/h8-10H,3-7H2,1-2H3. The summed E-state index contributed by atoms with van der Waals surface area (Å²) in [5, 5.41) is 0. The van der Waals surface area contributed by atoms with Crippen LogP contribution in [0.15, 0.2) is 17.2 Å². The highest BCUT2D eigenvalue weighted by Gasteiger charge is 2.29. The molecule has 1 fully saturated rings. The molecule has 1 heterocycles. The predicted octanol–water partition coefficient (Wildman–Crippen LogP) is 1.69. The van der Waals surface area contributed by atoms with Gasteiger partial charge in [-0.3, -0.25) is 4.79 Å². The van der Waals surface area contributed by atoms with E-state index in [9.17, 15) is 13.2 Å². The predicted molar refractivity (Wildman–Crippen MR) is 79.1 cm³/mol. The summed E-state index contributed by atoms with van der Waals surface area (Å²) >= 11 is 0. The zero-order chi connectivity index (χ0) is 15.6. The summed E-state index contributed by atoms with van der Waals surface area (Å²) in [4.78, 5) is 14.1. The fourth-order valence-electron chi connectivity index (χ4n) is 2.29. The summed E-state index contributed by atoms with van der Waals surface area (Å²) in [6.45, 7) is 0.770. The number of amides is 1. The fourth-order valence-corrected chi connectivity index (χ4v) is 3.05. The number of halogens is 1. The number of nitrogens with zero attached hydrogens (tertiary/aromatic N) is 2. The highest BCUT2D eigenvalue weighted by molar-refractivity contribution is 8.13. The van der Waals surface area contributed by atoms with Crippen molar-refractivity contribution in [3.8, 4) is 0 Å². The first-order valence-corrected chi connectivity index (χ1v) is 9.06. The molecule has 0 N–H and O–H groups in total. The van der Waals surface area contributed by atoms with Crippen LogP contribution in [0.5, 0.6) is 0 Å². The molecule has 0 aliphatic heterocycles. The normalized spacial score (nSPS) is 15.8. The molecule has 118 valence electrons. The Morgan fingerprint density at radius 2 is 2.19 bits per heavy atom. The minimum Gasteiger partial charge on any atom is -0.383 e. The van der Waals surface area contributed by atoms with Crippen LogP contribution in [0.3, 0.4) is 0 Å². The summed E-state index contributed by atoms with van der Waals surface area (Å²) in [5.41, 5.74) is 0.320. The Bertz CT molecular complexity index is 622. The van der Waals surface area contributed by atoms with Gasteiger partial charge in [0.05, 0.1) is 6.61 Å². The minimum atomic E-state index is -3.86. The molecule has 0 saturated heterocycles. The summed E-state index contributed by atoms with van der Waals surface area (Å²) < 4.78 is 29.5. The fraction of sp³-hybridized carbons (Fsp3) is 0.615. The lowest BCUT2D eigenvalue weighted by Gasteiger charge is -2.34. The van der Waals surface area contributed by atoms with Gasteiger partial charge in [0, 0.05) is 43.6 Å². The van der Waals surface area contributed by atoms with Crippen LogP contribution in [-0.4, -0.2) is 50.6 Å². The van der Waals surface area contributed by atoms with Gasteiger partial charge in [-0.05, 0) is 25.3 Å². The number of ether oxygens (including phenoxy) is 1. The van der Waals surface area contributed by atoms with Gasteiger partial charge in [0.15, 0.2) is 0 Å². The third kappa shape index (κ3) is 3.59. The average Bonchev–Trinajstić information content (AvgIpc) is 2.77. The molecular formula is C13H19ClN2O4S. The molecule has 1 aliphatic rings. The second kappa shape index (κ2) is 6.37. The van der Waals surface area contributed by atoms with Crippen molar-refractivity contribution in [2.75, 3.05) is 20.8 Å². The number of carbonyl (C=O) groups excluding carboxylic acids is 1. The van der Waals surface area contributed by atoms with Crippen molar-refractivity contribution in [1.29, 1.82) is 0 Å². The quantitative estimate of drug-likeness (QED) is 0.742. The van der Waals surface area contributed by atoms with Crippen LogP contribution in [0.25, 0.3) is 0 Å². The van der Waals surface area contributed by atoms with E-state index in [4.69, 9.17) is 15.4 Å². The van der Waals surface area contributed by atoms with Crippen molar-refractivity contribution in [2.45, 2.75) is 36.7 Å². The van der Waals surface area contributed by atoms with E-state index in [1.165, 1.54) is 12.3 Å². The second-order valence-electron chi connectivity index (χ2n) is 5.19. The van der Waals surface area contributed by atoms with Gasteiger partial charge < -0.3 is 14.2 Å². The van der Waals surface area contributed by atoms with Crippen LogP contribution in [-0.2, 0) is 20.3 Å². The Hall–Kier alpha value is -1.05. The number of carbonyl (C=O) groups is 1. The van der Waals surface area contributed by atoms with Gasteiger partial charge >= 0.3 is 0 Å². The SMILES string of the molecule is COCCn1cc(S(=O)(=O)Cl)cc1C(=O)N(C)C1CCC1. The molecule has 8 heteroatoms. The summed E-state index contributed by atoms with van der Waals surface area (Å²) in [7, 11) is 4.80. The molecule has 1 aromatic heterocycles. The van der Waals surface area contributed by atoms with Crippen molar-refractivity contribution < 1.29 is 17.9 Å². The highest BCUT2D eigenvalue weighted by atomic mass is 35.7.